The van der Waals surface area contributed by atoms with Crippen LogP contribution >= 0.6 is 0 Å². The van der Waals surface area contributed by atoms with Gasteiger partial charge in [-0.2, -0.15) is 4.31 Å². The minimum absolute atomic E-state index is 0.00997. The average Bonchev–Trinajstić information content (AvgIpc) is 2.85. The Kier molecular flexibility index (Phi) is 6.90. The Morgan fingerprint density at radius 3 is 2.41 bits per heavy atom. The molecule has 0 spiro atoms. The number of hydrogen-bond acceptors (Lipinski definition) is 4. The van der Waals surface area contributed by atoms with Crippen LogP contribution in [-0.4, -0.2) is 37.5 Å². The van der Waals surface area contributed by atoms with Crippen LogP contribution in [0.3, 0.4) is 0 Å². The highest BCUT2D eigenvalue weighted by molar-refractivity contribution is 7.89. The van der Waals surface area contributed by atoms with Crippen LogP contribution < -0.4 is 5.32 Å². The average molecular weight is 481 g/mol. The largest absolute Gasteiger partial charge is 0.325 e. The van der Waals surface area contributed by atoms with Gasteiger partial charge in [0.25, 0.3) is 0 Å². The zero-order valence-electron chi connectivity index (χ0n) is 18.7. The number of hydrogen-bond donors (Lipinski definition) is 1. The summed E-state index contributed by atoms with van der Waals surface area (Å²) in [6.45, 7) is 2.16. The molecule has 1 fully saturated rings. The quantitative estimate of drug-likeness (QED) is 0.530. The Morgan fingerprint density at radius 2 is 1.71 bits per heavy atom. The van der Waals surface area contributed by atoms with Crippen LogP contribution in [-0.2, 0) is 14.8 Å². The summed E-state index contributed by atoms with van der Waals surface area (Å²) in [4.78, 5) is 26.2. The summed E-state index contributed by atoms with van der Waals surface area (Å²) in [6, 6.07) is 18.7. The third-order valence-corrected chi connectivity index (χ3v) is 7.80. The molecule has 0 saturated carbocycles. The molecule has 1 aliphatic heterocycles. The molecule has 1 saturated heterocycles. The molecule has 8 heteroatoms. The standard InChI is InChI=1S/C26H25FN2O4S/c1-18-9-14-24(23(16-18)25(30)19-6-3-2-4-7-19)28-26(31)20-8-5-15-29(17-20)34(32,33)22-12-10-21(27)11-13-22/h2-4,6-7,9-14,16,20H,5,8,15,17H2,1H3,(H,28,31). The number of ketones is 1. The lowest BCUT2D eigenvalue weighted by Gasteiger charge is -2.31. The number of benzene rings is 3. The first-order valence-corrected chi connectivity index (χ1v) is 12.5. The van der Waals surface area contributed by atoms with E-state index in [1.807, 2.05) is 19.1 Å². The number of nitrogens with one attached hydrogen (secondary N) is 1. The normalized spacial score (nSPS) is 16.7. The summed E-state index contributed by atoms with van der Waals surface area (Å²) in [5, 5.41) is 2.85. The summed E-state index contributed by atoms with van der Waals surface area (Å²) in [7, 11) is -3.85. The molecule has 34 heavy (non-hydrogen) atoms. The molecule has 3 aromatic carbocycles. The maximum absolute atomic E-state index is 13.2. The van der Waals surface area contributed by atoms with Gasteiger partial charge in [0.1, 0.15) is 5.82 Å². The molecule has 0 aliphatic carbocycles. The van der Waals surface area contributed by atoms with E-state index < -0.39 is 21.8 Å². The van der Waals surface area contributed by atoms with Crippen molar-refractivity contribution in [1.29, 1.82) is 0 Å². The monoisotopic (exact) mass is 480 g/mol. The zero-order chi connectivity index (χ0) is 24.3. The highest BCUT2D eigenvalue weighted by Gasteiger charge is 2.33. The second kappa shape index (κ2) is 9.87. The van der Waals surface area contributed by atoms with E-state index in [1.165, 1.54) is 16.4 Å². The molecular formula is C26H25FN2O4S. The van der Waals surface area contributed by atoms with Gasteiger partial charge in [-0.05, 0) is 56.2 Å². The molecule has 0 aromatic heterocycles. The molecule has 0 bridgehead atoms. The predicted molar refractivity (Wildman–Crippen MR) is 128 cm³/mol. The number of rotatable bonds is 6. The lowest BCUT2D eigenvalue weighted by Crippen LogP contribution is -2.43. The van der Waals surface area contributed by atoms with E-state index in [2.05, 4.69) is 5.32 Å². The summed E-state index contributed by atoms with van der Waals surface area (Å²) >= 11 is 0. The Bertz CT molecular complexity index is 1310. The highest BCUT2D eigenvalue weighted by atomic mass is 32.2. The molecule has 6 nitrogen and oxygen atoms in total. The van der Waals surface area contributed by atoms with Crippen molar-refractivity contribution >= 4 is 27.4 Å². The van der Waals surface area contributed by atoms with Crippen molar-refractivity contribution in [2.75, 3.05) is 18.4 Å². The fourth-order valence-electron chi connectivity index (χ4n) is 4.07. The smallest absolute Gasteiger partial charge is 0.243 e. The molecule has 1 heterocycles. The van der Waals surface area contributed by atoms with Crippen molar-refractivity contribution in [2.45, 2.75) is 24.7 Å². The van der Waals surface area contributed by atoms with Crippen molar-refractivity contribution in [3.8, 4) is 0 Å². The van der Waals surface area contributed by atoms with Crippen LogP contribution in [0, 0.1) is 18.7 Å². The molecule has 176 valence electrons. The van der Waals surface area contributed by atoms with Crippen molar-refractivity contribution in [3.63, 3.8) is 0 Å². The zero-order valence-corrected chi connectivity index (χ0v) is 19.5. The fraction of sp³-hybridized carbons (Fsp3) is 0.231. The SMILES string of the molecule is Cc1ccc(NC(=O)C2CCCN(S(=O)(=O)c3ccc(F)cc3)C2)c(C(=O)c2ccccc2)c1. The number of carbonyl (C=O) groups excluding carboxylic acids is 2. The van der Waals surface area contributed by atoms with Crippen LogP contribution in [0.4, 0.5) is 10.1 Å². The lowest BCUT2D eigenvalue weighted by atomic mass is 9.97. The summed E-state index contributed by atoms with van der Waals surface area (Å²) < 4.78 is 40.5. The van der Waals surface area contributed by atoms with Crippen LogP contribution in [0.25, 0.3) is 0 Å². The molecule has 3 aromatic rings. The van der Waals surface area contributed by atoms with Crippen molar-refractivity contribution < 1.29 is 22.4 Å². The molecular weight excluding hydrogens is 455 g/mol. The first kappa shape index (κ1) is 23.8. The van der Waals surface area contributed by atoms with Crippen molar-refractivity contribution in [3.05, 3.63) is 95.3 Å². The Hall–Kier alpha value is -3.36. The Labute approximate surface area is 198 Å². The molecule has 1 amide bonds. The van der Waals surface area contributed by atoms with Crippen LogP contribution in [0.2, 0.25) is 0 Å². The van der Waals surface area contributed by atoms with Gasteiger partial charge >= 0.3 is 0 Å². The number of anilines is 1. The van der Waals surface area contributed by atoms with Gasteiger partial charge in [0.05, 0.1) is 16.5 Å². The van der Waals surface area contributed by atoms with Gasteiger partial charge in [0.15, 0.2) is 5.78 Å². The second-order valence-corrected chi connectivity index (χ2v) is 10.3. The van der Waals surface area contributed by atoms with Crippen molar-refractivity contribution in [1.82, 2.24) is 4.31 Å². The number of aryl methyl sites for hydroxylation is 1. The van der Waals surface area contributed by atoms with Gasteiger partial charge in [-0.25, -0.2) is 12.8 Å². The molecule has 1 N–H and O–H groups in total. The third kappa shape index (κ3) is 5.08. The number of amides is 1. The number of sulfonamides is 1. The van der Waals surface area contributed by atoms with Gasteiger partial charge in [0, 0.05) is 24.2 Å². The first-order chi connectivity index (χ1) is 16.3. The molecule has 1 unspecified atom stereocenters. The van der Waals surface area contributed by atoms with Gasteiger partial charge in [-0.3, -0.25) is 9.59 Å². The van der Waals surface area contributed by atoms with Gasteiger partial charge in [0.2, 0.25) is 15.9 Å². The van der Waals surface area contributed by atoms with Crippen LogP contribution in [0.5, 0.6) is 0 Å². The summed E-state index contributed by atoms with van der Waals surface area (Å²) in [5.41, 5.74) is 2.17. The Balaban J connectivity index is 1.53. The number of carbonyl (C=O) groups is 2. The predicted octanol–water partition coefficient (Wildman–Crippen LogP) is 4.40. The number of nitrogens with zero attached hydrogens (tertiary/aromatic N) is 1. The Morgan fingerprint density at radius 1 is 1.00 bits per heavy atom. The first-order valence-electron chi connectivity index (χ1n) is 11.0. The molecule has 1 aliphatic rings. The maximum Gasteiger partial charge on any atom is 0.243 e. The molecule has 0 radical (unpaired) electrons. The maximum atomic E-state index is 13.2. The lowest BCUT2D eigenvalue weighted by molar-refractivity contribution is -0.120. The van der Waals surface area contributed by atoms with Crippen molar-refractivity contribution in [2.24, 2.45) is 5.92 Å². The van der Waals surface area contributed by atoms with E-state index in [9.17, 15) is 22.4 Å². The van der Waals surface area contributed by atoms with E-state index in [0.29, 0.717) is 29.7 Å². The topological polar surface area (TPSA) is 83.6 Å². The summed E-state index contributed by atoms with van der Waals surface area (Å²) in [5.74, 6) is -1.65. The highest BCUT2D eigenvalue weighted by Crippen LogP contribution is 2.27. The molecule has 1 atom stereocenters. The molecule has 4 rings (SSSR count). The van der Waals surface area contributed by atoms with Gasteiger partial charge < -0.3 is 5.32 Å². The fourth-order valence-corrected chi connectivity index (χ4v) is 5.59. The minimum Gasteiger partial charge on any atom is -0.325 e. The van der Waals surface area contributed by atoms with E-state index in [1.54, 1.807) is 36.4 Å². The van der Waals surface area contributed by atoms with E-state index in [0.717, 1.165) is 17.7 Å². The van der Waals surface area contributed by atoms with E-state index in [4.69, 9.17) is 0 Å². The van der Waals surface area contributed by atoms with E-state index >= 15 is 0 Å². The summed E-state index contributed by atoms with van der Waals surface area (Å²) in [6.07, 6.45) is 1.04. The minimum atomic E-state index is -3.85. The van der Waals surface area contributed by atoms with E-state index in [-0.39, 0.29) is 29.7 Å². The third-order valence-electron chi connectivity index (χ3n) is 5.92. The van der Waals surface area contributed by atoms with Gasteiger partial charge in [-0.1, -0.05) is 42.0 Å². The number of halogens is 1. The second-order valence-electron chi connectivity index (χ2n) is 8.39. The van der Waals surface area contributed by atoms with Crippen LogP contribution in [0.15, 0.2) is 77.7 Å². The number of piperidine rings is 1. The van der Waals surface area contributed by atoms with Gasteiger partial charge in [-0.15, -0.1) is 0 Å². The van der Waals surface area contributed by atoms with Crippen LogP contribution in [0.1, 0.15) is 34.3 Å².